The zero-order valence-corrected chi connectivity index (χ0v) is 12.7. The van der Waals surface area contributed by atoms with E-state index in [-0.39, 0.29) is 17.3 Å². The Morgan fingerprint density at radius 1 is 1.29 bits per heavy atom. The van der Waals surface area contributed by atoms with Crippen LogP contribution in [0.4, 0.5) is 11.8 Å². The SMILES string of the molecule is CCCCSc1cccc(-c2nc(N)nc(N)c2C#N)c1. The molecule has 2 aromatic rings. The van der Waals surface area contributed by atoms with E-state index in [1.54, 1.807) is 11.8 Å². The molecule has 4 N–H and O–H groups in total. The number of thioether (sulfide) groups is 1. The van der Waals surface area contributed by atoms with E-state index in [4.69, 9.17) is 11.5 Å². The minimum atomic E-state index is 0.0746. The van der Waals surface area contributed by atoms with Crippen molar-refractivity contribution in [1.29, 1.82) is 5.26 Å². The molecule has 1 aromatic carbocycles. The van der Waals surface area contributed by atoms with Crippen LogP contribution >= 0.6 is 11.8 Å². The molecule has 0 fully saturated rings. The molecule has 0 saturated carbocycles. The lowest BCUT2D eigenvalue weighted by atomic mass is 10.1. The fraction of sp³-hybridized carbons (Fsp3) is 0.267. The molecule has 6 heteroatoms. The number of hydrogen-bond acceptors (Lipinski definition) is 6. The second-order valence-electron chi connectivity index (χ2n) is 4.53. The fourth-order valence-corrected chi connectivity index (χ4v) is 2.94. The monoisotopic (exact) mass is 299 g/mol. The van der Waals surface area contributed by atoms with Crippen LogP contribution in [0.25, 0.3) is 11.3 Å². The van der Waals surface area contributed by atoms with Gasteiger partial charge in [-0.25, -0.2) is 4.98 Å². The quantitative estimate of drug-likeness (QED) is 0.650. The third-order valence-electron chi connectivity index (χ3n) is 2.94. The molecule has 1 aromatic heterocycles. The molecule has 0 aliphatic heterocycles. The molecule has 108 valence electrons. The Morgan fingerprint density at radius 3 is 2.81 bits per heavy atom. The Bertz CT molecular complexity index is 678. The zero-order chi connectivity index (χ0) is 15.2. The summed E-state index contributed by atoms with van der Waals surface area (Å²) in [5, 5.41) is 9.24. The summed E-state index contributed by atoms with van der Waals surface area (Å²) in [6, 6.07) is 9.94. The second-order valence-corrected chi connectivity index (χ2v) is 5.70. The van der Waals surface area contributed by atoms with Gasteiger partial charge < -0.3 is 11.5 Å². The Morgan fingerprint density at radius 2 is 2.10 bits per heavy atom. The van der Waals surface area contributed by atoms with E-state index in [2.05, 4.69) is 16.9 Å². The van der Waals surface area contributed by atoms with E-state index in [9.17, 15) is 5.26 Å². The molecule has 0 aliphatic carbocycles. The summed E-state index contributed by atoms with van der Waals surface area (Å²) in [7, 11) is 0. The van der Waals surface area contributed by atoms with Crippen LogP contribution in [-0.4, -0.2) is 15.7 Å². The Hall–Kier alpha value is -2.26. The van der Waals surface area contributed by atoms with Crippen molar-refractivity contribution in [3.8, 4) is 17.3 Å². The predicted molar refractivity (Wildman–Crippen MR) is 86.6 cm³/mol. The fourth-order valence-electron chi connectivity index (χ4n) is 1.88. The highest BCUT2D eigenvalue weighted by Crippen LogP contribution is 2.29. The summed E-state index contributed by atoms with van der Waals surface area (Å²) < 4.78 is 0. The van der Waals surface area contributed by atoms with E-state index in [0.717, 1.165) is 16.2 Å². The van der Waals surface area contributed by atoms with Crippen LogP contribution in [0.15, 0.2) is 29.2 Å². The van der Waals surface area contributed by atoms with Crippen LogP contribution in [0.5, 0.6) is 0 Å². The average molecular weight is 299 g/mol. The first kappa shape index (κ1) is 15.1. The van der Waals surface area contributed by atoms with Gasteiger partial charge in [0.25, 0.3) is 0 Å². The zero-order valence-electron chi connectivity index (χ0n) is 11.8. The molecule has 21 heavy (non-hydrogen) atoms. The number of unbranched alkanes of at least 4 members (excludes halogenated alkanes) is 1. The number of hydrogen-bond donors (Lipinski definition) is 2. The van der Waals surface area contributed by atoms with Crippen LogP contribution in [0, 0.1) is 11.3 Å². The standard InChI is InChI=1S/C15H17N5S/c1-2-3-7-21-11-6-4-5-10(8-11)13-12(9-16)14(17)20-15(18)19-13/h4-6,8H,2-3,7H2,1H3,(H4,17,18,19,20). The molecular formula is C15H17N5S. The van der Waals surface area contributed by atoms with Gasteiger partial charge in [-0.05, 0) is 24.3 Å². The van der Waals surface area contributed by atoms with Crippen LogP contribution in [0.3, 0.4) is 0 Å². The number of nitrogen functional groups attached to an aromatic ring is 2. The van der Waals surface area contributed by atoms with Gasteiger partial charge >= 0.3 is 0 Å². The summed E-state index contributed by atoms with van der Waals surface area (Å²) in [6.45, 7) is 2.17. The van der Waals surface area contributed by atoms with E-state index in [1.807, 2.05) is 30.3 Å². The summed E-state index contributed by atoms with van der Waals surface area (Å²) >= 11 is 1.79. The first-order valence-corrected chi connectivity index (χ1v) is 7.70. The maximum Gasteiger partial charge on any atom is 0.222 e. The lowest BCUT2D eigenvalue weighted by Crippen LogP contribution is -2.04. The number of anilines is 2. The second kappa shape index (κ2) is 6.95. The molecule has 0 aliphatic rings. The summed E-state index contributed by atoms with van der Waals surface area (Å²) in [5.41, 5.74) is 13.0. The van der Waals surface area contributed by atoms with E-state index >= 15 is 0 Å². The van der Waals surface area contributed by atoms with Crippen LogP contribution < -0.4 is 11.5 Å². The van der Waals surface area contributed by atoms with E-state index in [0.29, 0.717) is 5.69 Å². The van der Waals surface area contributed by atoms with Crippen molar-refractivity contribution >= 4 is 23.5 Å². The van der Waals surface area contributed by atoms with Crippen molar-refractivity contribution in [2.75, 3.05) is 17.2 Å². The number of nitriles is 1. The Balaban J connectivity index is 2.38. The van der Waals surface area contributed by atoms with Gasteiger partial charge in [0.1, 0.15) is 17.5 Å². The predicted octanol–water partition coefficient (Wildman–Crippen LogP) is 3.07. The van der Waals surface area contributed by atoms with Gasteiger partial charge in [0, 0.05) is 10.5 Å². The highest BCUT2D eigenvalue weighted by atomic mass is 32.2. The highest BCUT2D eigenvalue weighted by Gasteiger charge is 2.13. The molecule has 0 spiro atoms. The largest absolute Gasteiger partial charge is 0.382 e. The van der Waals surface area contributed by atoms with Crippen molar-refractivity contribution in [3.05, 3.63) is 29.8 Å². The number of rotatable bonds is 5. The van der Waals surface area contributed by atoms with Crippen LogP contribution in [0.2, 0.25) is 0 Å². The number of aromatic nitrogens is 2. The first-order valence-electron chi connectivity index (χ1n) is 6.72. The van der Waals surface area contributed by atoms with Gasteiger partial charge in [-0.3, -0.25) is 0 Å². The van der Waals surface area contributed by atoms with Crippen LogP contribution in [-0.2, 0) is 0 Å². The van der Waals surface area contributed by atoms with Crippen molar-refractivity contribution in [3.63, 3.8) is 0 Å². The van der Waals surface area contributed by atoms with Gasteiger partial charge in [0.2, 0.25) is 5.95 Å². The molecule has 0 amide bonds. The Kier molecular flexibility index (Phi) is 5.01. The first-order chi connectivity index (χ1) is 10.2. The van der Waals surface area contributed by atoms with Gasteiger partial charge in [-0.2, -0.15) is 10.2 Å². The molecule has 0 saturated heterocycles. The Labute approximate surface area is 128 Å². The summed E-state index contributed by atoms with van der Waals surface area (Å²) in [4.78, 5) is 9.14. The average Bonchev–Trinajstić information content (AvgIpc) is 2.47. The highest BCUT2D eigenvalue weighted by molar-refractivity contribution is 7.99. The summed E-state index contributed by atoms with van der Waals surface area (Å²) in [6.07, 6.45) is 2.34. The molecule has 0 unspecified atom stereocenters. The molecule has 1 heterocycles. The lowest BCUT2D eigenvalue weighted by Gasteiger charge is -2.08. The van der Waals surface area contributed by atoms with Crippen molar-refractivity contribution in [2.45, 2.75) is 24.7 Å². The topological polar surface area (TPSA) is 102 Å². The van der Waals surface area contributed by atoms with Crippen molar-refractivity contribution in [1.82, 2.24) is 9.97 Å². The lowest BCUT2D eigenvalue weighted by molar-refractivity contribution is 0.896. The van der Waals surface area contributed by atoms with E-state index in [1.165, 1.54) is 12.8 Å². The number of nitrogens with two attached hydrogens (primary N) is 2. The third kappa shape index (κ3) is 3.64. The minimum absolute atomic E-state index is 0.0746. The molecule has 0 radical (unpaired) electrons. The van der Waals surface area contributed by atoms with Crippen molar-refractivity contribution in [2.24, 2.45) is 0 Å². The third-order valence-corrected chi connectivity index (χ3v) is 4.02. The maximum atomic E-state index is 9.24. The molecule has 5 nitrogen and oxygen atoms in total. The van der Waals surface area contributed by atoms with Crippen LogP contribution in [0.1, 0.15) is 25.3 Å². The van der Waals surface area contributed by atoms with Gasteiger partial charge in [0.05, 0.1) is 5.69 Å². The van der Waals surface area contributed by atoms with E-state index < -0.39 is 0 Å². The number of benzene rings is 1. The number of nitrogens with zero attached hydrogens (tertiary/aromatic N) is 3. The minimum Gasteiger partial charge on any atom is -0.382 e. The smallest absolute Gasteiger partial charge is 0.222 e. The molecule has 0 bridgehead atoms. The maximum absolute atomic E-state index is 9.24. The van der Waals surface area contributed by atoms with Gasteiger partial charge in [0.15, 0.2) is 0 Å². The normalized spacial score (nSPS) is 10.3. The summed E-state index contributed by atoms with van der Waals surface area (Å²) in [5.74, 6) is 1.26. The van der Waals surface area contributed by atoms with Gasteiger partial charge in [-0.15, -0.1) is 11.8 Å². The molecule has 2 rings (SSSR count). The molecule has 0 atom stereocenters. The van der Waals surface area contributed by atoms with Crippen molar-refractivity contribution < 1.29 is 0 Å². The molecular weight excluding hydrogens is 282 g/mol. The van der Waals surface area contributed by atoms with Gasteiger partial charge in [-0.1, -0.05) is 25.5 Å².